The molecule has 0 aromatic heterocycles. The smallest absolute Gasteiger partial charge is 0.399 e. The largest absolute Gasteiger partial charge is 0.417 e. The quantitative estimate of drug-likeness (QED) is 0.601. The first-order valence-electron chi connectivity index (χ1n) is 4.25. The van der Waals surface area contributed by atoms with E-state index in [9.17, 15) is 26.3 Å². The number of alkyl halides is 6. The Balaban J connectivity index is 3.63. The van der Waals surface area contributed by atoms with E-state index in [4.69, 9.17) is 10.8 Å². The van der Waals surface area contributed by atoms with Crippen LogP contribution in [0.2, 0.25) is 0 Å². The summed E-state index contributed by atoms with van der Waals surface area (Å²) in [5, 5.41) is 8.67. The van der Waals surface area contributed by atoms with Gasteiger partial charge in [0.05, 0.1) is 17.7 Å². The monoisotopic (exact) mass is 259 g/mol. The van der Waals surface area contributed by atoms with Crippen molar-refractivity contribution in [3.05, 3.63) is 28.8 Å². The SMILES string of the molecule is Nc1cc(CO)c(C(F)(F)F)c(C(F)(F)F)c1. The summed E-state index contributed by atoms with van der Waals surface area (Å²) in [6, 6.07) is 0.861. The molecule has 0 aliphatic heterocycles. The first-order valence-corrected chi connectivity index (χ1v) is 4.25. The second-order valence-corrected chi connectivity index (χ2v) is 3.26. The normalized spacial score (nSPS) is 12.9. The number of aliphatic hydroxyl groups excluding tert-OH is 1. The van der Waals surface area contributed by atoms with Gasteiger partial charge in [0.2, 0.25) is 0 Å². The van der Waals surface area contributed by atoms with Gasteiger partial charge in [-0.25, -0.2) is 0 Å². The van der Waals surface area contributed by atoms with E-state index in [0.29, 0.717) is 6.07 Å². The summed E-state index contributed by atoms with van der Waals surface area (Å²) in [5.41, 5.74) is -0.120. The van der Waals surface area contributed by atoms with Gasteiger partial charge in [-0.3, -0.25) is 0 Å². The summed E-state index contributed by atoms with van der Waals surface area (Å²) in [6.45, 7) is -1.18. The average Bonchev–Trinajstić information content (AvgIpc) is 2.12. The van der Waals surface area contributed by atoms with Crippen LogP contribution in [0.3, 0.4) is 0 Å². The zero-order chi connectivity index (χ0) is 13.4. The summed E-state index contributed by atoms with van der Waals surface area (Å²) in [4.78, 5) is 0. The molecule has 0 bridgehead atoms. The van der Waals surface area contributed by atoms with Crippen LogP contribution in [0.1, 0.15) is 16.7 Å². The highest BCUT2D eigenvalue weighted by atomic mass is 19.4. The third kappa shape index (κ3) is 2.82. The highest BCUT2D eigenvalue weighted by Crippen LogP contribution is 2.43. The van der Waals surface area contributed by atoms with E-state index >= 15 is 0 Å². The van der Waals surface area contributed by atoms with Gasteiger partial charge in [-0.15, -0.1) is 0 Å². The van der Waals surface area contributed by atoms with Gasteiger partial charge in [0, 0.05) is 5.69 Å². The van der Waals surface area contributed by atoms with Crippen molar-refractivity contribution in [2.24, 2.45) is 0 Å². The highest BCUT2D eigenvalue weighted by Gasteiger charge is 2.44. The van der Waals surface area contributed by atoms with Crippen LogP contribution in [0.25, 0.3) is 0 Å². The average molecular weight is 259 g/mol. The van der Waals surface area contributed by atoms with E-state index in [0.717, 1.165) is 0 Å². The predicted octanol–water partition coefficient (Wildman–Crippen LogP) is 2.80. The van der Waals surface area contributed by atoms with Crippen LogP contribution in [0.15, 0.2) is 12.1 Å². The van der Waals surface area contributed by atoms with Crippen LogP contribution in [0.5, 0.6) is 0 Å². The third-order valence-electron chi connectivity index (χ3n) is 2.00. The van der Waals surface area contributed by atoms with Crippen LogP contribution in [-0.2, 0) is 19.0 Å². The van der Waals surface area contributed by atoms with Gasteiger partial charge in [0.15, 0.2) is 0 Å². The lowest BCUT2D eigenvalue weighted by molar-refractivity contribution is -0.162. The van der Waals surface area contributed by atoms with Crippen molar-refractivity contribution in [2.75, 3.05) is 5.73 Å². The summed E-state index contributed by atoms with van der Waals surface area (Å²) in [6.07, 6.45) is -10.4. The molecule has 8 heteroatoms. The Bertz CT molecular complexity index is 423. The van der Waals surface area contributed by atoms with E-state index in [1.807, 2.05) is 0 Å². The standard InChI is InChI=1S/C9H7F6NO/c10-8(11,12)6-2-5(16)1-4(3-17)7(6)9(13,14)15/h1-2,17H,3,16H2. The lowest BCUT2D eigenvalue weighted by atomic mass is 9.99. The minimum atomic E-state index is -5.21. The topological polar surface area (TPSA) is 46.2 Å². The van der Waals surface area contributed by atoms with E-state index in [-0.39, 0.29) is 6.07 Å². The van der Waals surface area contributed by atoms with Crippen molar-refractivity contribution < 1.29 is 31.4 Å². The molecule has 0 atom stereocenters. The number of nitrogens with two attached hydrogens (primary N) is 1. The maximum atomic E-state index is 12.5. The molecule has 1 rings (SSSR count). The molecule has 1 aromatic rings. The summed E-state index contributed by atoms with van der Waals surface area (Å²) in [7, 11) is 0. The molecule has 0 unspecified atom stereocenters. The zero-order valence-corrected chi connectivity index (χ0v) is 8.15. The van der Waals surface area contributed by atoms with Crippen molar-refractivity contribution in [1.82, 2.24) is 0 Å². The minimum absolute atomic E-state index is 0.196. The zero-order valence-electron chi connectivity index (χ0n) is 8.15. The van der Waals surface area contributed by atoms with Gasteiger partial charge in [0.25, 0.3) is 0 Å². The molecule has 0 heterocycles. The minimum Gasteiger partial charge on any atom is -0.399 e. The van der Waals surface area contributed by atoms with Gasteiger partial charge < -0.3 is 10.8 Å². The van der Waals surface area contributed by atoms with Crippen molar-refractivity contribution in [2.45, 2.75) is 19.0 Å². The number of anilines is 1. The van der Waals surface area contributed by atoms with Gasteiger partial charge in [-0.05, 0) is 17.7 Å². The Morgan fingerprint density at radius 3 is 1.88 bits per heavy atom. The van der Waals surface area contributed by atoms with Gasteiger partial charge in [0.1, 0.15) is 0 Å². The number of halogens is 6. The molecule has 2 nitrogen and oxygen atoms in total. The van der Waals surface area contributed by atoms with Crippen molar-refractivity contribution in [3.8, 4) is 0 Å². The fraction of sp³-hybridized carbons (Fsp3) is 0.333. The second kappa shape index (κ2) is 4.10. The molecule has 0 saturated heterocycles. The molecule has 17 heavy (non-hydrogen) atoms. The van der Waals surface area contributed by atoms with Gasteiger partial charge in [-0.1, -0.05) is 0 Å². The van der Waals surface area contributed by atoms with Crippen molar-refractivity contribution in [1.29, 1.82) is 0 Å². The number of nitrogen functional groups attached to an aromatic ring is 1. The maximum absolute atomic E-state index is 12.5. The van der Waals surface area contributed by atoms with E-state index < -0.39 is 41.3 Å². The number of rotatable bonds is 1. The van der Waals surface area contributed by atoms with Gasteiger partial charge >= 0.3 is 12.4 Å². The number of hydrogen-bond acceptors (Lipinski definition) is 2. The Morgan fingerprint density at radius 2 is 1.53 bits per heavy atom. The van der Waals surface area contributed by atoms with Crippen LogP contribution in [-0.4, -0.2) is 5.11 Å². The Hall–Kier alpha value is -1.44. The molecule has 0 aliphatic carbocycles. The molecule has 0 amide bonds. The van der Waals surface area contributed by atoms with Crippen molar-refractivity contribution in [3.63, 3.8) is 0 Å². The molecule has 0 fully saturated rings. The van der Waals surface area contributed by atoms with Crippen LogP contribution in [0.4, 0.5) is 32.0 Å². The second-order valence-electron chi connectivity index (χ2n) is 3.26. The number of benzene rings is 1. The maximum Gasteiger partial charge on any atom is 0.417 e. The van der Waals surface area contributed by atoms with E-state index in [1.54, 1.807) is 0 Å². The summed E-state index contributed by atoms with van der Waals surface area (Å²) >= 11 is 0. The molecule has 96 valence electrons. The van der Waals surface area contributed by atoms with E-state index in [2.05, 4.69) is 0 Å². The highest BCUT2D eigenvalue weighted by molar-refractivity contribution is 5.51. The lowest BCUT2D eigenvalue weighted by Crippen LogP contribution is -2.19. The Morgan fingerprint density at radius 1 is 1.00 bits per heavy atom. The molecule has 0 radical (unpaired) electrons. The van der Waals surface area contributed by atoms with Crippen molar-refractivity contribution >= 4 is 5.69 Å². The fourth-order valence-corrected chi connectivity index (χ4v) is 1.41. The Kier molecular flexibility index (Phi) is 3.28. The van der Waals surface area contributed by atoms with Gasteiger partial charge in [-0.2, -0.15) is 26.3 Å². The Labute approximate surface area is 91.7 Å². The molecule has 3 N–H and O–H groups in total. The molecule has 0 saturated carbocycles. The molecule has 0 aliphatic rings. The first-order chi connectivity index (χ1) is 7.57. The van der Waals surface area contributed by atoms with E-state index in [1.165, 1.54) is 0 Å². The fourth-order valence-electron chi connectivity index (χ4n) is 1.41. The number of aliphatic hydroxyl groups is 1. The molecular weight excluding hydrogens is 252 g/mol. The lowest BCUT2D eigenvalue weighted by Gasteiger charge is -2.19. The molecular formula is C9H7F6NO. The summed E-state index contributed by atoms with van der Waals surface area (Å²) in [5.74, 6) is 0. The third-order valence-corrected chi connectivity index (χ3v) is 2.00. The molecule has 0 spiro atoms. The predicted molar refractivity (Wildman–Crippen MR) is 46.8 cm³/mol. The number of hydrogen-bond donors (Lipinski definition) is 2. The van der Waals surface area contributed by atoms with Crippen LogP contribution in [0, 0.1) is 0 Å². The van der Waals surface area contributed by atoms with Crippen LogP contribution < -0.4 is 5.73 Å². The first kappa shape index (κ1) is 13.6. The molecule has 1 aromatic carbocycles. The summed E-state index contributed by atoms with van der Waals surface area (Å²) < 4.78 is 74.8. The van der Waals surface area contributed by atoms with Crippen LogP contribution >= 0.6 is 0 Å².